The first kappa shape index (κ1) is 20.2. The zero-order valence-electron chi connectivity index (χ0n) is 14.2. The summed E-state index contributed by atoms with van der Waals surface area (Å²) in [5.74, 6) is 1.51. The van der Waals surface area contributed by atoms with E-state index in [0.717, 1.165) is 11.5 Å². The highest BCUT2D eigenvalue weighted by atomic mass is 33.2. The highest BCUT2D eigenvalue weighted by Gasteiger charge is 2.40. The van der Waals surface area contributed by atoms with Crippen molar-refractivity contribution < 1.29 is 18.8 Å². The molecule has 8 nitrogen and oxygen atoms in total. The highest BCUT2D eigenvalue weighted by Crippen LogP contribution is 2.74. The van der Waals surface area contributed by atoms with Crippen molar-refractivity contribution in [3.63, 3.8) is 0 Å². The van der Waals surface area contributed by atoms with Gasteiger partial charge >= 0.3 is 11.7 Å². The van der Waals surface area contributed by atoms with Crippen LogP contribution in [0.5, 0.6) is 0 Å². The van der Waals surface area contributed by atoms with Crippen molar-refractivity contribution in [3.05, 3.63) is 32.6 Å². The average Bonchev–Trinajstić information content (AvgIpc) is 3.15. The monoisotopic (exact) mass is 438 g/mol. The zero-order valence-corrected chi connectivity index (χ0v) is 17.6. The second kappa shape index (κ2) is 8.20. The van der Waals surface area contributed by atoms with Gasteiger partial charge in [-0.2, -0.15) is 0 Å². The van der Waals surface area contributed by atoms with Crippen LogP contribution in [-0.2, 0) is 30.6 Å². The van der Waals surface area contributed by atoms with Crippen molar-refractivity contribution in [2.45, 2.75) is 38.7 Å². The van der Waals surface area contributed by atoms with E-state index in [1.807, 2.05) is 0 Å². The van der Waals surface area contributed by atoms with Crippen LogP contribution in [0.15, 0.2) is 15.8 Å². The Morgan fingerprint density at radius 2 is 2.15 bits per heavy atom. The van der Waals surface area contributed by atoms with E-state index in [2.05, 4.69) is 4.98 Å². The predicted molar refractivity (Wildman–Crippen MR) is 105 cm³/mol. The number of hydrogen-bond donors (Lipinski definition) is 1. The first-order valence-electron chi connectivity index (χ1n) is 7.96. The lowest BCUT2D eigenvalue weighted by Crippen LogP contribution is -2.33. The van der Waals surface area contributed by atoms with Crippen molar-refractivity contribution in [1.29, 1.82) is 0 Å². The summed E-state index contributed by atoms with van der Waals surface area (Å²) >= 11 is 8.87. The van der Waals surface area contributed by atoms with Crippen molar-refractivity contribution in [3.8, 4) is 0 Å². The first-order chi connectivity index (χ1) is 12.3. The number of aryl methyl sites for hydroxylation is 1. The van der Waals surface area contributed by atoms with E-state index < -0.39 is 40.3 Å². The molecule has 2 aliphatic heterocycles. The van der Waals surface area contributed by atoms with E-state index in [-0.39, 0.29) is 6.61 Å². The lowest BCUT2D eigenvalue weighted by atomic mass is 10.2. The lowest BCUT2D eigenvalue weighted by Gasteiger charge is -2.21. The summed E-state index contributed by atoms with van der Waals surface area (Å²) in [5, 5.41) is 0. The fourth-order valence-electron chi connectivity index (χ4n) is 2.73. The van der Waals surface area contributed by atoms with Crippen LogP contribution < -0.4 is 11.2 Å². The number of hydrogen-bond acceptors (Lipinski definition) is 9. The predicted octanol–water partition coefficient (Wildman–Crippen LogP) is 1.79. The number of carbonyl (C=O) groups is 1. The third-order valence-corrected chi connectivity index (χ3v) is 13.8. The van der Waals surface area contributed by atoms with Crippen LogP contribution >= 0.6 is 27.4 Å². The van der Waals surface area contributed by atoms with Crippen LogP contribution in [0.25, 0.3) is 0 Å². The number of nitrogens with zero attached hydrogens (tertiary/aromatic N) is 1. The highest BCUT2D eigenvalue weighted by molar-refractivity contribution is 9.00. The molecular weight excluding hydrogens is 419 g/mol. The molecule has 26 heavy (non-hydrogen) atoms. The van der Waals surface area contributed by atoms with Crippen LogP contribution in [0.4, 0.5) is 0 Å². The maximum atomic E-state index is 12.1. The minimum atomic E-state index is -1.97. The van der Waals surface area contributed by atoms with Crippen molar-refractivity contribution >= 4 is 45.2 Å². The molecule has 3 atom stereocenters. The molecule has 144 valence electrons. The molecule has 2 saturated heterocycles. The summed E-state index contributed by atoms with van der Waals surface area (Å²) in [7, 11) is 0. The van der Waals surface area contributed by atoms with Gasteiger partial charge in [0, 0.05) is 36.6 Å². The van der Waals surface area contributed by atoms with Gasteiger partial charge in [-0.05, 0) is 18.7 Å². The molecule has 1 N–H and O–H groups in total. The molecule has 2 aliphatic rings. The molecule has 0 unspecified atom stereocenters. The Morgan fingerprint density at radius 3 is 2.81 bits per heavy atom. The van der Waals surface area contributed by atoms with E-state index in [1.54, 1.807) is 29.7 Å². The van der Waals surface area contributed by atoms with Crippen LogP contribution in [0.1, 0.15) is 25.1 Å². The molecule has 0 saturated carbocycles. The number of aromatic nitrogens is 2. The molecule has 0 radical (unpaired) electrons. The molecule has 0 aliphatic carbocycles. The van der Waals surface area contributed by atoms with Gasteiger partial charge in [0.2, 0.25) is 0 Å². The van der Waals surface area contributed by atoms with E-state index in [4.69, 9.17) is 25.8 Å². The summed E-state index contributed by atoms with van der Waals surface area (Å²) in [6.07, 6.45) is 0.0199. The SMILES string of the molecule is CC(=O)O[C@H]1C[C@H](n2cc(C)c(=O)[nH]c2=O)O[C@@H]1COP1(=S)SCCS1. The standard InChI is InChI=1S/C14H19N2O6PS3/c1-8-6-16(14(19)15-13(8)18)12-5-10(21-9(2)17)11(22-12)7-20-23(24)25-3-4-26-23/h6,10-12H,3-5,7H2,1-2H3,(H,15,18,19)/t10-,11+,12+/m0/s1. The third-order valence-electron chi connectivity index (χ3n) is 3.93. The number of nitrogens with one attached hydrogen (secondary N) is 1. The normalized spacial score (nSPS) is 27.5. The first-order valence-corrected chi connectivity index (χ1v) is 13.9. The number of esters is 1. The molecule has 0 amide bonds. The van der Waals surface area contributed by atoms with Crippen LogP contribution in [0, 0.1) is 6.92 Å². The Kier molecular flexibility index (Phi) is 6.36. The van der Waals surface area contributed by atoms with E-state index in [0.29, 0.717) is 12.0 Å². The molecule has 3 rings (SSSR count). The minimum Gasteiger partial charge on any atom is -0.460 e. The van der Waals surface area contributed by atoms with Gasteiger partial charge in [-0.3, -0.25) is 19.1 Å². The quantitative estimate of drug-likeness (QED) is 0.545. The summed E-state index contributed by atoms with van der Waals surface area (Å²) in [6.45, 7) is 3.13. The maximum absolute atomic E-state index is 12.1. The largest absolute Gasteiger partial charge is 0.460 e. The third kappa shape index (κ3) is 4.63. The molecule has 3 heterocycles. The van der Waals surface area contributed by atoms with Gasteiger partial charge in [-0.25, -0.2) is 4.79 Å². The topological polar surface area (TPSA) is 99.6 Å². The molecule has 0 aromatic carbocycles. The Bertz CT molecular complexity index is 846. The number of rotatable bonds is 5. The number of H-pyrrole nitrogens is 1. The van der Waals surface area contributed by atoms with Crippen LogP contribution in [-0.4, -0.2) is 45.8 Å². The van der Waals surface area contributed by atoms with Gasteiger partial charge in [0.05, 0.1) is 6.61 Å². The van der Waals surface area contributed by atoms with Gasteiger partial charge in [0.1, 0.15) is 18.4 Å². The zero-order chi connectivity index (χ0) is 18.9. The Hall–Kier alpha value is -0.580. The second-order valence-corrected chi connectivity index (χ2v) is 16.6. The maximum Gasteiger partial charge on any atom is 0.330 e. The van der Waals surface area contributed by atoms with E-state index >= 15 is 0 Å². The van der Waals surface area contributed by atoms with Gasteiger partial charge in [0.25, 0.3) is 5.56 Å². The summed E-state index contributed by atoms with van der Waals surface area (Å²) < 4.78 is 16.6. The number of aromatic amines is 1. The van der Waals surface area contributed by atoms with Gasteiger partial charge in [0.15, 0.2) is 4.67 Å². The molecule has 1 aromatic rings. The van der Waals surface area contributed by atoms with Gasteiger partial charge < -0.3 is 14.0 Å². The fraction of sp³-hybridized carbons (Fsp3) is 0.643. The Morgan fingerprint density at radius 1 is 1.46 bits per heavy atom. The van der Waals surface area contributed by atoms with Crippen molar-refractivity contribution in [1.82, 2.24) is 9.55 Å². The Balaban J connectivity index is 1.77. The number of carbonyl (C=O) groups excluding carboxylic acids is 1. The number of ether oxygens (including phenoxy) is 2. The lowest BCUT2D eigenvalue weighted by molar-refractivity contribution is -0.150. The van der Waals surface area contributed by atoms with Gasteiger partial charge in [-0.15, -0.1) is 0 Å². The fourth-order valence-corrected chi connectivity index (χ4v) is 11.6. The second-order valence-electron chi connectivity index (χ2n) is 5.90. The smallest absolute Gasteiger partial charge is 0.330 e. The van der Waals surface area contributed by atoms with Gasteiger partial charge in [-0.1, -0.05) is 22.8 Å². The minimum absolute atomic E-state index is 0.197. The molecule has 1 aromatic heterocycles. The van der Waals surface area contributed by atoms with E-state index in [9.17, 15) is 14.4 Å². The molecule has 0 spiro atoms. The molecule has 0 bridgehead atoms. The van der Waals surface area contributed by atoms with Crippen LogP contribution in [0.3, 0.4) is 0 Å². The van der Waals surface area contributed by atoms with Crippen molar-refractivity contribution in [2.75, 3.05) is 18.1 Å². The molecular formula is C14H19N2O6PS3. The summed E-state index contributed by atoms with van der Waals surface area (Å²) in [4.78, 5) is 37.3. The average molecular weight is 438 g/mol. The van der Waals surface area contributed by atoms with E-state index in [1.165, 1.54) is 17.7 Å². The molecule has 12 heteroatoms. The molecule has 2 fully saturated rings. The van der Waals surface area contributed by atoms with Crippen LogP contribution in [0.2, 0.25) is 0 Å². The Labute approximate surface area is 162 Å². The summed E-state index contributed by atoms with van der Waals surface area (Å²) in [6, 6.07) is 0. The van der Waals surface area contributed by atoms with Crippen molar-refractivity contribution in [2.24, 2.45) is 0 Å². The summed E-state index contributed by atoms with van der Waals surface area (Å²) in [5.41, 5.74) is -0.609.